The lowest BCUT2D eigenvalue weighted by Crippen LogP contribution is -2.44. The van der Waals surface area contributed by atoms with Crippen LogP contribution in [0, 0.1) is 5.41 Å². The summed E-state index contributed by atoms with van der Waals surface area (Å²) in [5.74, 6) is -0.565. The van der Waals surface area contributed by atoms with E-state index in [9.17, 15) is 18.7 Å². The molecule has 128 valence electrons. The van der Waals surface area contributed by atoms with Gasteiger partial charge in [0, 0.05) is 32.2 Å². The minimum absolute atomic E-state index is 0.0524. The van der Waals surface area contributed by atoms with Crippen LogP contribution in [0.2, 0.25) is 0 Å². The molecule has 1 saturated heterocycles. The molecular weight excluding hydrogens is 308 g/mol. The number of ether oxygens (including phenoxy) is 2. The van der Waals surface area contributed by atoms with Gasteiger partial charge in [-0.05, 0) is 25.0 Å². The normalized spacial score (nSPS) is 17.1. The van der Waals surface area contributed by atoms with Gasteiger partial charge in [0.05, 0.1) is 12.2 Å². The van der Waals surface area contributed by atoms with Crippen molar-refractivity contribution in [3.05, 3.63) is 29.8 Å². The van der Waals surface area contributed by atoms with E-state index in [1.165, 1.54) is 23.1 Å². The summed E-state index contributed by atoms with van der Waals surface area (Å²) in [4.78, 5) is 14.0. The number of hydrogen-bond acceptors (Lipinski definition) is 4. The highest BCUT2D eigenvalue weighted by Crippen LogP contribution is 2.31. The van der Waals surface area contributed by atoms with Crippen LogP contribution in [-0.2, 0) is 4.74 Å². The summed E-state index contributed by atoms with van der Waals surface area (Å²) >= 11 is 0. The molecule has 1 fully saturated rings. The summed E-state index contributed by atoms with van der Waals surface area (Å²) in [6.07, 6.45) is 1.30. The highest BCUT2D eigenvalue weighted by atomic mass is 19.3. The molecule has 5 nitrogen and oxygen atoms in total. The lowest BCUT2D eigenvalue weighted by atomic mass is 9.80. The molecule has 2 rings (SSSR count). The van der Waals surface area contributed by atoms with E-state index < -0.39 is 17.9 Å². The van der Waals surface area contributed by atoms with E-state index in [-0.39, 0.29) is 17.9 Å². The number of aliphatic hydroxyl groups is 1. The van der Waals surface area contributed by atoms with E-state index in [0.29, 0.717) is 32.6 Å². The Balaban J connectivity index is 2.13. The Hall–Kier alpha value is -1.73. The first-order chi connectivity index (χ1) is 11.0. The van der Waals surface area contributed by atoms with Gasteiger partial charge in [0.25, 0.3) is 5.91 Å². The SMILES string of the molecule is CN(CC1(CO)CCOCC1)C(=O)c1ccccc1OC(F)F. The number of alkyl halides is 2. The van der Waals surface area contributed by atoms with Crippen LogP contribution in [0.25, 0.3) is 0 Å². The Morgan fingerprint density at radius 1 is 1.39 bits per heavy atom. The van der Waals surface area contributed by atoms with Crippen molar-refractivity contribution in [3.63, 3.8) is 0 Å². The molecule has 0 atom stereocenters. The lowest BCUT2D eigenvalue weighted by molar-refractivity contribution is -0.0505. The van der Waals surface area contributed by atoms with Crippen LogP contribution in [0.15, 0.2) is 24.3 Å². The van der Waals surface area contributed by atoms with Crippen molar-refractivity contribution in [1.29, 1.82) is 0 Å². The van der Waals surface area contributed by atoms with Crippen molar-refractivity contribution in [2.24, 2.45) is 5.41 Å². The van der Waals surface area contributed by atoms with Gasteiger partial charge in [-0.1, -0.05) is 12.1 Å². The molecule has 0 radical (unpaired) electrons. The van der Waals surface area contributed by atoms with Gasteiger partial charge < -0.3 is 19.5 Å². The van der Waals surface area contributed by atoms with E-state index in [4.69, 9.17) is 4.74 Å². The first-order valence-corrected chi connectivity index (χ1v) is 7.45. The maximum Gasteiger partial charge on any atom is 0.387 e. The van der Waals surface area contributed by atoms with Crippen molar-refractivity contribution in [1.82, 2.24) is 4.90 Å². The summed E-state index contributed by atoms with van der Waals surface area (Å²) in [5, 5.41) is 9.70. The van der Waals surface area contributed by atoms with Crippen LogP contribution >= 0.6 is 0 Å². The molecular formula is C16H21F2NO4. The number of para-hydroxylation sites is 1. The summed E-state index contributed by atoms with van der Waals surface area (Å²) in [5.41, 5.74) is -0.336. The predicted molar refractivity (Wildman–Crippen MR) is 79.6 cm³/mol. The number of nitrogens with zero attached hydrogens (tertiary/aromatic N) is 1. The Labute approximate surface area is 133 Å². The largest absolute Gasteiger partial charge is 0.434 e. The molecule has 0 spiro atoms. The van der Waals surface area contributed by atoms with Gasteiger partial charge >= 0.3 is 6.61 Å². The smallest absolute Gasteiger partial charge is 0.387 e. The fourth-order valence-corrected chi connectivity index (χ4v) is 2.79. The van der Waals surface area contributed by atoms with E-state index in [0.717, 1.165) is 0 Å². The number of carbonyl (C=O) groups is 1. The van der Waals surface area contributed by atoms with E-state index in [2.05, 4.69) is 4.74 Å². The molecule has 1 heterocycles. The zero-order chi connectivity index (χ0) is 16.9. The van der Waals surface area contributed by atoms with Gasteiger partial charge in [-0.15, -0.1) is 0 Å². The summed E-state index contributed by atoms with van der Waals surface area (Å²) in [7, 11) is 1.59. The summed E-state index contributed by atoms with van der Waals surface area (Å²) in [6.45, 7) is -1.65. The Kier molecular flexibility index (Phi) is 5.90. The fourth-order valence-electron chi connectivity index (χ4n) is 2.79. The first-order valence-electron chi connectivity index (χ1n) is 7.45. The van der Waals surface area contributed by atoms with Crippen LogP contribution < -0.4 is 4.74 Å². The van der Waals surface area contributed by atoms with Crippen LogP contribution in [-0.4, -0.2) is 55.9 Å². The van der Waals surface area contributed by atoms with Gasteiger partial charge in [-0.3, -0.25) is 4.79 Å². The molecule has 1 aliphatic rings. The third-order valence-corrected chi connectivity index (χ3v) is 4.14. The van der Waals surface area contributed by atoms with Gasteiger partial charge in [0.1, 0.15) is 5.75 Å². The second kappa shape index (κ2) is 7.70. The van der Waals surface area contributed by atoms with E-state index >= 15 is 0 Å². The molecule has 1 aromatic rings. The number of rotatable bonds is 6. The van der Waals surface area contributed by atoms with Crippen molar-refractivity contribution >= 4 is 5.91 Å². The highest BCUT2D eigenvalue weighted by Gasteiger charge is 2.35. The minimum atomic E-state index is -2.99. The van der Waals surface area contributed by atoms with E-state index in [1.54, 1.807) is 13.1 Å². The molecule has 7 heteroatoms. The Morgan fingerprint density at radius 2 is 2.04 bits per heavy atom. The third-order valence-electron chi connectivity index (χ3n) is 4.14. The van der Waals surface area contributed by atoms with Crippen LogP contribution in [0.3, 0.4) is 0 Å². The van der Waals surface area contributed by atoms with Gasteiger partial charge in [-0.2, -0.15) is 8.78 Å². The number of aliphatic hydroxyl groups excluding tert-OH is 1. The van der Waals surface area contributed by atoms with Crippen LogP contribution in [0.1, 0.15) is 23.2 Å². The Bertz CT molecular complexity index is 533. The third kappa shape index (κ3) is 4.39. The molecule has 0 bridgehead atoms. The Morgan fingerprint density at radius 3 is 2.65 bits per heavy atom. The molecule has 23 heavy (non-hydrogen) atoms. The van der Waals surface area contributed by atoms with Crippen molar-refractivity contribution < 1.29 is 28.2 Å². The van der Waals surface area contributed by atoms with E-state index in [1.807, 2.05) is 0 Å². The summed E-state index contributed by atoms with van der Waals surface area (Å²) < 4.78 is 34.6. The second-order valence-corrected chi connectivity index (χ2v) is 5.81. The molecule has 0 aliphatic carbocycles. The topological polar surface area (TPSA) is 59.0 Å². The standard InChI is InChI=1S/C16H21F2NO4/c1-19(10-16(11-20)6-8-22-9-7-16)14(21)12-4-2-3-5-13(12)23-15(17)18/h2-5,15,20H,6-11H2,1H3. The quantitative estimate of drug-likeness (QED) is 0.869. The zero-order valence-corrected chi connectivity index (χ0v) is 13.0. The van der Waals surface area contributed by atoms with Crippen molar-refractivity contribution in [2.45, 2.75) is 19.5 Å². The van der Waals surface area contributed by atoms with Crippen molar-refractivity contribution in [2.75, 3.05) is 33.4 Å². The number of carbonyl (C=O) groups excluding carboxylic acids is 1. The van der Waals surface area contributed by atoms with Crippen molar-refractivity contribution in [3.8, 4) is 5.75 Å². The average Bonchev–Trinajstić information content (AvgIpc) is 2.55. The first kappa shape index (κ1) is 17.6. The molecule has 0 unspecified atom stereocenters. The average molecular weight is 329 g/mol. The fraction of sp³-hybridized carbons (Fsp3) is 0.562. The number of halogens is 2. The minimum Gasteiger partial charge on any atom is -0.434 e. The van der Waals surface area contributed by atoms with Crippen LogP contribution in [0.5, 0.6) is 5.75 Å². The van der Waals surface area contributed by atoms with Gasteiger partial charge in [0.2, 0.25) is 0 Å². The number of benzene rings is 1. The van der Waals surface area contributed by atoms with Crippen LogP contribution in [0.4, 0.5) is 8.78 Å². The molecule has 1 N–H and O–H groups in total. The molecule has 0 saturated carbocycles. The molecule has 1 aromatic carbocycles. The van der Waals surface area contributed by atoms with Gasteiger partial charge in [-0.25, -0.2) is 0 Å². The maximum atomic E-state index is 12.6. The zero-order valence-electron chi connectivity index (χ0n) is 13.0. The highest BCUT2D eigenvalue weighted by molar-refractivity contribution is 5.96. The number of hydrogen-bond donors (Lipinski definition) is 1. The second-order valence-electron chi connectivity index (χ2n) is 5.81. The molecule has 1 amide bonds. The molecule has 0 aromatic heterocycles. The van der Waals surface area contributed by atoms with Gasteiger partial charge in [0.15, 0.2) is 0 Å². The monoisotopic (exact) mass is 329 g/mol. The number of amides is 1. The maximum absolute atomic E-state index is 12.6. The molecule has 1 aliphatic heterocycles. The predicted octanol–water partition coefficient (Wildman–Crippen LogP) is 2.15. The summed E-state index contributed by atoms with van der Waals surface area (Å²) in [6, 6.07) is 5.91. The lowest BCUT2D eigenvalue weighted by Gasteiger charge is -2.38.